The number of carbonyl (C=O) groups excluding carboxylic acids is 3. The van der Waals surface area contributed by atoms with Gasteiger partial charge in [0, 0.05) is 5.75 Å². The van der Waals surface area contributed by atoms with E-state index in [2.05, 4.69) is 10.3 Å². The zero-order chi connectivity index (χ0) is 15.0. The van der Waals surface area contributed by atoms with E-state index in [0.29, 0.717) is 24.6 Å². The zero-order valence-corrected chi connectivity index (χ0v) is 12.6. The molecule has 7 heteroatoms. The average Bonchev–Trinajstić information content (AvgIpc) is 3.07. The Morgan fingerprint density at radius 1 is 1.33 bits per heavy atom. The number of nitrogens with one attached hydrogen (secondary N) is 1. The maximum atomic E-state index is 12.4. The number of amides is 3. The predicted molar refractivity (Wildman–Crippen MR) is 79.6 cm³/mol. The van der Waals surface area contributed by atoms with Gasteiger partial charge in [0.15, 0.2) is 5.17 Å². The van der Waals surface area contributed by atoms with E-state index in [1.807, 2.05) is 12.2 Å². The quantitative estimate of drug-likeness (QED) is 0.597. The maximum Gasteiger partial charge on any atom is 0.248 e. The van der Waals surface area contributed by atoms with Crippen LogP contribution in [0.15, 0.2) is 17.1 Å². The molecule has 0 aromatic heterocycles. The van der Waals surface area contributed by atoms with Crippen LogP contribution in [0.2, 0.25) is 0 Å². The van der Waals surface area contributed by atoms with Crippen molar-refractivity contribution in [1.82, 2.24) is 10.2 Å². The van der Waals surface area contributed by atoms with Crippen molar-refractivity contribution in [3.63, 3.8) is 0 Å². The summed E-state index contributed by atoms with van der Waals surface area (Å²) in [5, 5.41) is 3.26. The second-order valence-corrected chi connectivity index (χ2v) is 6.49. The Labute approximate surface area is 127 Å². The number of thioether (sulfide) groups is 1. The number of imide groups is 1. The minimum atomic E-state index is -0.792. The smallest absolute Gasteiger partial charge is 0.248 e. The molecular formula is C14H17N3O3S. The van der Waals surface area contributed by atoms with Gasteiger partial charge in [0.25, 0.3) is 0 Å². The molecule has 1 aliphatic carbocycles. The number of carbonyl (C=O) groups is 3. The van der Waals surface area contributed by atoms with E-state index in [-0.39, 0.29) is 29.6 Å². The molecule has 0 bridgehead atoms. The van der Waals surface area contributed by atoms with Crippen molar-refractivity contribution in [3.05, 3.63) is 12.2 Å². The van der Waals surface area contributed by atoms with Gasteiger partial charge in [-0.1, -0.05) is 23.9 Å². The van der Waals surface area contributed by atoms with E-state index >= 15 is 0 Å². The number of amidine groups is 1. The van der Waals surface area contributed by atoms with Gasteiger partial charge < -0.3 is 5.32 Å². The van der Waals surface area contributed by atoms with Crippen LogP contribution in [0.25, 0.3) is 0 Å². The molecular weight excluding hydrogens is 290 g/mol. The van der Waals surface area contributed by atoms with Crippen LogP contribution in [0.4, 0.5) is 0 Å². The number of aliphatic imine (C=N–C) groups is 1. The lowest BCUT2D eigenvalue weighted by Gasteiger charge is -2.22. The molecule has 3 rings (SSSR count). The molecule has 0 spiro atoms. The van der Waals surface area contributed by atoms with E-state index in [4.69, 9.17) is 0 Å². The molecule has 0 saturated carbocycles. The van der Waals surface area contributed by atoms with Crippen molar-refractivity contribution < 1.29 is 14.4 Å². The first kappa shape index (κ1) is 14.3. The largest absolute Gasteiger partial charge is 0.304 e. The summed E-state index contributed by atoms with van der Waals surface area (Å²) in [5.74, 6) is -0.541. The Kier molecular flexibility index (Phi) is 3.84. The Balaban J connectivity index is 1.72. The highest BCUT2D eigenvalue weighted by atomic mass is 32.2. The van der Waals surface area contributed by atoms with Gasteiger partial charge in [-0.2, -0.15) is 0 Å². The van der Waals surface area contributed by atoms with Crippen molar-refractivity contribution in [3.8, 4) is 0 Å². The van der Waals surface area contributed by atoms with E-state index in [1.165, 1.54) is 11.8 Å². The number of likely N-dealkylation sites (tertiary alicyclic amines) is 1. The molecule has 3 atom stereocenters. The second kappa shape index (κ2) is 5.63. The summed E-state index contributed by atoms with van der Waals surface area (Å²) >= 11 is 1.47. The first-order valence-electron chi connectivity index (χ1n) is 7.09. The highest BCUT2D eigenvalue weighted by Gasteiger charge is 2.50. The minimum absolute atomic E-state index is 0.224. The lowest BCUT2D eigenvalue weighted by molar-refractivity contribution is -0.146. The van der Waals surface area contributed by atoms with Crippen molar-refractivity contribution in [2.45, 2.75) is 25.8 Å². The molecule has 0 aromatic carbocycles. The standard InChI is InChI=1S/C14H17N3O3S/c1-8(11(18)16-14-15-6-7-21-14)17-12(19)9-4-2-3-5-10(9)13(17)20/h2-3,8-10H,4-7H2,1H3,(H,15,16,18)/t8-,9-,10+/m1/s1. The summed E-state index contributed by atoms with van der Waals surface area (Å²) in [6.07, 6.45) is 5.04. The van der Waals surface area contributed by atoms with Gasteiger partial charge in [0.1, 0.15) is 6.04 Å². The lowest BCUT2D eigenvalue weighted by atomic mass is 9.85. The van der Waals surface area contributed by atoms with Crippen molar-refractivity contribution in [1.29, 1.82) is 0 Å². The summed E-state index contributed by atoms with van der Waals surface area (Å²) < 4.78 is 0. The van der Waals surface area contributed by atoms with Gasteiger partial charge in [-0.15, -0.1) is 0 Å². The first-order valence-corrected chi connectivity index (χ1v) is 8.08. The molecule has 0 unspecified atom stereocenters. The Morgan fingerprint density at radius 2 is 1.95 bits per heavy atom. The monoisotopic (exact) mass is 307 g/mol. The Morgan fingerprint density at radius 3 is 2.48 bits per heavy atom. The van der Waals surface area contributed by atoms with Crippen LogP contribution >= 0.6 is 11.8 Å². The molecule has 0 radical (unpaired) electrons. The first-order chi connectivity index (χ1) is 10.1. The molecule has 2 aliphatic heterocycles. The van der Waals surface area contributed by atoms with E-state index in [1.54, 1.807) is 6.92 Å². The van der Waals surface area contributed by atoms with Crippen LogP contribution in [0.5, 0.6) is 0 Å². The minimum Gasteiger partial charge on any atom is -0.304 e. The molecule has 3 amide bonds. The molecule has 112 valence electrons. The molecule has 1 saturated heterocycles. The summed E-state index contributed by atoms with van der Waals surface area (Å²) in [7, 11) is 0. The summed E-state index contributed by atoms with van der Waals surface area (Å²) in [4.78, 5) is 42.3. The van der Waals surface area contributed by atoms with Crippen molar-refractivity contribution >= 4 is 34.7 Å². The molecule has 3 aliphatic rings. The Bertz CT molecular complexity index is 532. The lowest BCUT2D eigenvalue weighted by Crippen LogP contribution is -2.49. The number of hydrogen-bond donors (Lipinski definition) is 1. The van der Waals surface area contributed by atoms with E-state index in [9.17, 15) is 14.4 Å². The molecule has 2 heterocycles. The third-order valence-electron chi connectivity index (χ3n) is 4.12. The zero-order valence-electron chi connectivity index (χ0n) is 11.7. The number of hydrogen-bond acceptors (Lipinski definition) is 5. The average molecular weight is 307 g/mol. The SMILES string of the molecule is C[C@H](C(=O)NC1=NCCS1)N1C(=O)[C@H]2CC=CC[C@H]2C1=O. The van der Waals surface area contributed by atoms with Gasteiger partial charge >= 0.3 is 0 Å². The molecule has 1 fully saturated rings. The van der Waals surface area contributed by atoms with Crippen molar-refractivity contribution in [2.75, 3.05) is 12.3 Å². The maximum absolute atomic E-state index is 12.4. The molecule has 21 heavy (non-hydrogen) atoms. The number of fused-ring (bicyclic) bond motifs is 1. The van der Waals surface area contributed by atoms with Crippen LogP contribution in [-0.2, 0) is 14.4 Å². The van der Waals surface area contributed by atoms with Gasteiger partial charge in [-0.25, -0.2) is 0 Å². The highest BCUT2D eigenvalue weighted by Crippen LogP contribution is 2.36. The second-order valence-electron chi connectivity index (χ2n) is 5.40. The summed E-state index contributed by atoms with van der Waals surface area (Å²) in [6, 6.07) is -0.792. The molecule has 1 N–H and O–H groups in total. The third kappa shape index (κ3) is 2.50. The highest BCUT2D eigenvalue weighted by molar-refractivity contribution is 8.14. The summed E-state index contributed by atoms with van der Waals surface area (Å²) in [5.41, 5.74) is 0. The van der Waals surface area contributed by atoms with Gasteiger partial charge in [-0.3, -0.25) is 24.3 Å². The predicted octanol–water partition coefficient (Wildman–Crippen LogP) is 0.545. The third-order valence-corrected chi connectivity index (χ3v) is 5.02. The van der Waals surface area contributed by atoms with Gasteiger partial charge in [-0.05, 0) is 19.8 Å². The fourth-order valence-electron chi connectivity index (χ4n) is 2.95. The van der Waals surface area contributed by atoms with E-state index in [0.717, 1.165) is 10.7 Å². The summed E-state index contributed by atoms with van der Waals surface area (Å²) in [6.45, 7) is 2.28. The molecule has 0 aromatic rings. The Hall–Kier alpha value is -1.63. The van der Waals surface area contributed by atoms with Gasteiger partial charge in [0.2, 0.25) is 17.7 Å². The van der Waals surface area contributed by atoms with Gasteiger partial charge in [0.05, 0.1) is 18.4 Å². The van der Waals surface area contributed by atoms with Crippen LogP contribution in [0, 0.1) is 11.8 Å². The molecule has 6 nitrogen and oxygen atoms in total. The fraction of sp³-hybridized carbons (Fsp3) is 0.571. The fourth-order valence-corrected chi connectivity index (χ4v) is 3.68. The van der Waals surface area contributed by atoms with E-state index < -0.39 is 6.04 Å². The van der Waals surface area contributed by atoms with Crippen LogP contribution in [-0.4, -0.2) is 46.1 Å². The topological polar surface area (TPSA) is 78.8 Å². The number of nitrogens with zero attached hydrogens (tertiary/aromatic N) is 2. The van der Waals surface area contributed by atoms with Crippen LogP contribution < -0.4 is 5.32 Å². The van der Waals surface area contributed by atoms with Crippen LogP contribution in [0.3, 0.4) is 0 Å². The number of allylic oxidation sites excluding steroid dienone is 2. The van der Waals surface area contributed by atoms with Crippen LogP contribution in [0.1, 0.15) is 19.8 Å². The number of rotatable bonds is 2. The van der Waals surface area contributed by atoms with Crippen molar-refractivity contribution in [2.24, 2.45) is 16.8 Å². The normalized spacial score (nSPS) is 29.4.